The minimum Gasteiger partial charge on any atom is -0.373 e. The zero-order chi connectivity index (χ0) is 17.6. The van der Waals surface area contributed by atoms with Crippen molar-refractivity contribution in [3.63, 3.8) is 0 Å². The van der Waals surface area contributed by atoms with Crippen LogP contribution in [0.3, 0.4) is 0 Å². The Labute approximate surface area is 148 Å². The lowest BCUT2D eigenvalue weighted by atomic mass is 10.2. The van der Waals surface area contributed by atoms with Gasteiger partial charge in [-0.05, 0) is 24.6 Å². The van der Waals surface area contributed by atoms with E-state index in [-0.39, 0.29) is 12.0 Å². The van der Waals surface area contributed by atoms with E-state index in [1.807, 2.05) is 31.3 Å². The summed E-state index contributed by atoms with van der Waals surface area (Å²) in [6.45, 7) is 4.92. The number of nitrogens with one attached hydrogen (secondary N) is 1. The van der Waals surface area contributed by atoms with Crippen molar-refractivity contribution in [2.24, 2.45) is 7.05 Å². The van der Waals surface area contributed by atoms with Gasteiger partial charge in [-0.15, -0.1) is 0 Å². The Morgan fingerprint density at radius 3 is 2.92 bits per heavy atom. The smallest absolute Gasteiger partial charge is 0.269 e. The Hall–Kier alpha value is -2.34. The van der Waals surface area contributed by atoms with Crippen LogP contribution >= 0.6 is 0 Å². The van der Waals surface area contributed by atoms with Gasteiger partial charge in [0.25, 0.3) is 5.91 Å². The maximum absolute atomic E-state index is 12.4. The van der Waals surface area contributed by atoms with Crippen LogP contribution in [0.1, 0.15) is 29.5 Å². The molecule has 25 heavy (non-hydrogen) atoms. The number of para-hydroxylation sites is 1. The highest BCUT2D eigenvalue weighted by molar-refractivity contribution is 5.92. The van der Waals surface area contributed by atoms with Crippen molar-refractivity contribution in [2.45, 2.75) is 25.9 Å². The fourth-order valence-electron chi connectivity index (χ4n) is 3.13. The second-order valence-corrected chi connectivity index (χ2v) is 6.38. The molecule has 2 aromatic rings. The molecule has 1 atom stereocenters. The summed E-state index contributed by atoms with van der Waals surface area (Å²) >= 11 is 0. The number of nitrogens with zero attached hydrogens (tertiary/aromatic N) is 3. The van der Waals surface area contributed by atoms with Crippen molar-refractivity contribution in [3.05, 3.63) is 47.8 Å². The number of benzene rings is 1. The van der Waals surface area contributed by atoms with Crippen LogP contribution in [0.2, 0.25) is 0 Å². The summed E-state index contributed by atoms with van der Waals surface area (Å²) in [6, 6.07) is 12.2. The minimum atomic E-state index is -0.0993. The van der Waals surface area contributed by atoms with E-state index in [2.05, 4.69) is 34.4 Å². The summed E-state index contributed by atoms with van der Waals surface area (Å²) in [6.07, 6.45) is 1.89. The fourth-order valence-corrected chi connectivity index (χ4v) is 3.13. The molecule has 134 valence electrons. The molecule has 2 heterocycles. The molecule has 1 aliphatic heterocycles. The van der Waals surface area contributed by atoms with Crippen LogP contribution in [0.15, 0.2) is 36.4 Å². The number of hydrogen-bond donors (Lipinski definition) is 1. The first-order valence-electron chi connectivity index (χ1n) is 8.90. The van der Waals surface area contributed by atoms with Crippen molar-refractivity contribution in [1.82, 2.24) is 15.1 Å². The van der Waals surface area contributed by atoms with E-state index < -0.39 is 0 Å². The highest BCUT2D eigenvalue weighted by Crippen LogP contribution is 2.17. The summed E-state index contributed by atoms with van der Waals surface area (Å²) in [5.41, 5.74) is 2.75. The maximum atomic E-state index is 12.4. The zero-order valence-electron chi connectivity index (χ0n) is 14.9. The number of carbonyl (C=O) groups excluding carboxylic acids is 1. The highest BCUT2D eigenvalue weighted by Gasteiger charge is 2.22. The summed E-state index contributed by atoms with van der Waals surface area (Å²) in [5, 5.41) is 7.37. The number of aromatic nitrogens is 2. The molecule has 0 unspecified atom stereocenters. The second-order valence-electron chi connectivity index (χ2n) is 6.38. The summed E-state index contributed by atoms with van der Waals surface area (Å²) in [4.78, 5) is 14.7. The van der Waals surface area contributed by atoms with E-state index in [0.717, 1.165) is 31.6 Å². The lowest BCUT2D eigenvalue weighted by Gasteiger charge is -2.34. The molecule has 1 aromatic carbocycles. The molecule has 1 N–H and O–H groups in total. The van der Waals surface area contributed by atoms with Gasteiger partial charge in [0.05, 0.1) is 18.4 Å². The Balaban J connectivity index is 1.55. The van der Waals surface area contributed by atoms with Crippen molar-refractivity contribution < 1.29 is 9.53 Å². The summed E-state index contributed by atoms with van der Waals surface area (Å²) in [5.74, 6) is -0.0993. The van der Waals surface area contributed by atoms with Crippen LogP contribution in [-0.4, -0.2) is 48.0 Å². The fraction of sp³-hybridized carbons (Fsp3) is 0.474. The van der Waals surface area contributed by atoms with Crippen molar-refractivity contribution in [1.29, 1.82) is 0 Å². The van der Waals surface area contributed by atoms with Gasteiger partial charge in [0.15, 0.2) is 0 Å². The van der Waals surface area contributed by atoms with E-state index >= 15 is 0 Å². The molecule has 0 aliphatic carbocycles. The van der Waals surface area contributed by atoms with E-state index in [1.54, 1.807) is 4.68 Å². The molecule has 1 aromatic heterocycles. The lowest BCUT2D eigenvalue weighted by Crippen LogP contribution is -2.47. The first-order valence-corrected chi connectivity index (χ1v) is 8.90. The van der Waals surface area contributed by atoms with E-state index in [0.29, 0.717) is 18.8 Å². The average molecular weight is 342 g/mol. The molecule has 6 heteroatoms. The van der Waals surface area contributed by atoms with Crippen LogP contribution in [-0.2, 0) is 18.2 Å². The van der Waals surface area contributed by atoms with Crippen molar-refractivity contribution in [3.8, 4) is 0 Å². The Bertz CT molecular complexity index is 699. The molecule has 1 saturated heterocycles. The Morgan fingerprint density at radius 2 is 2.16 bits per heavy atom. The number of hydrogen-bond acceptors (Lipinski definition) is 4. The number of ether oxygens (including phenoxy) is 1. The zero-order valence-corrected chi connectivity index (χ0v) is 14.9. The average Bonchev–Trinajstić information content (AvgIpc) is 3.01. The van der Waals surface area contributed by atoms with Crippen LogP contribution in [0, 0.1) is 0 Å². The van der Waals surface area contributed by atoms with Gasteiger partial charge in [-0.2, -0.15) is 5.10 Å². The van der Waals surface area contributed by atoms with Gasteiger partial charge in [-0.3, -0.25) is 9.48 Å². The predicted molar refractivity (Wildman–Crippen MR) is 97.9 cm³/mol. The number of anilines is 1. The third kappa shape index (κ3) is 4.39. The molecular formula is C19H26N4O2. The van der Waals surface area contributed by atoms with Gasteiger partial charge in [-0.1, -0.05) is 31.5 Å². The van der Waals surface area contributed by atoms with Crippen LogP contribution in [0.25, 0.3) is 0 Å². The molecule has 0 bridgehead atoms. The highest BCUT2D eigenvalue weighted by atomic mass is 16.5. The molecule has 1 fully saturated rings. The molecule has 6 nitrogen and oxygen atoms in total. The molecule has 0 radical (unpaired) electrons. The van der Waals surface area contributed by atoms with Gasteiger partial charge in [0.2, 0.25) is 0 Å². The van der Waals surface area contributed by atoms with Gasteiger partial charge in [0, 0.05) is 32.4 Å². The molecular weight excluding hydrogens is 316 g/mol. The van der Waals surface area contributed by atoms with E-state index in [4.69, 9.17) is 4.74 Å². The summed E-state index contributed by atoms with van der Waals surface area (Å²) in [7, 11) is 1.81. The Kier molecular flexibility index (Phi) is 5.71. The van der Waals surface area contributed by atoms with Crippen LogP contribution < -0.4 is 10.2 Å². The number of rotatable bonds is 6. The third-order valence-corrected chi connectivity index (χ3v) is 4.42. The normalized spacial score (nSPS) is 17.5. The standard InChI is InChI=1S/C19H26N4O2/c1-3-7-15-12-18(22(2)21-15)19(24)20-13-17-14-23(10-11-25-17)16-8-5-4-6-9-16/h4-6,8-9,12,17H,3,7,10-11,13-14H2,1-2H3,(H,20,24)/t17-/m1/s1. The van der Waals surface area contributed by atoms with Crippen molar-refractivity contribution in [2.75, 3.05) is 31.1 Å². The third-order valence-electron chi connectivity index (χ3n) is 4.42. The maximum Gasteiger partial charge on any atom is 0.269 e. The Morgan fingerprint density at radius 1 is 1.36 bits per heavy atom. The van der Waals surface area contributed by atoms with Crippen LogP contribution in [0.5, 0.6) is 0 Å². The molecule has 0 spiro atoms. The van der Waals surface area contributed by atoms with Gasteiger partial charge in [0.1, 0.15) is 5.69 Å². The number of morpholine rings is 1. The largest absolute Gasteiger partial charge is 0.373 e. The van der Waals surface area contributed by atoms with Crippen LogP contribution in [0.4, 0.5) is 5.69 Å². The monoisotopic (exact) mass is 342 g/mol. The second kappa shape index (κ2) is 8.16. The van der Waals surface area contributed by atoms with Gasteiger partial charge < -0.3 is 15.0 Å². The quantitative estimate of drug-likeness (QED) is 0.872. The molecule has 1 amide bonds. The van der Waals surface area contributed by atoms with Gasteiger partial charge >= 0.3 is 0 Å². The van der Waals surface area contributed by atoms with E-state index in [1.165, 1.54) is 5.69 Å². The number of carbonyl (C=O) groups is 1. The topological polar surface area (TPSA) is 59.4 Å². The molecule has 1 aliphatic rings. The predicted octanol–water partition coefficient (Wildman–Crippen LogP) is 2.01. The van der Waals surface area contributed by atoms with Crippen molar-refractivity contribution >= 4 is 11.6 Å². The molecule has 0 saturated carbocycles. The number of amides is 1. The minimum absolute atomic E-state index is 0.0127. The summed E-state index contributed by atoms with van der Waals surface area (Å²) < 4.78 is 7.46. The first-order chi connectivity index (χ1) is 12.2. The molecule has 3 rings (SSSR count). The lowest BCUT2D eigenvalue weighted by molar-refractivity contribution is 0.0396. The van der Waals surface area contributed by atoms with Gasteiger partial charge in [-0.25, -0.2) is 0 Å². The number of aryl methyl sites for hydroxylation is 2. The first kappa shape index (κ1) is 17.5. The van der Waals surface area contributed by atoms with E-state index in [9.17, 15) is 4.79 Å². The SMILES string of the molecule is CCCc1cc(C(=O)NC[C@@H]2CN(c3ccccc3)CCO2)n(C)n1.